The Hall–Kier alpha value is -1.69. The molecule has 0 radical (unpaired) electrons. The van der Waals surface area contributed by atoms with Crippen LogP contribution < -0.4 is 11.3 Å². The van der Waals surface area contributed by atoms with E-state index in [4.69, 9.17) is 5.84 Å². The first kappa shape index (κ1) is 13.7. The molecule has 0 saturated carbocycles. The number of anilines is 1. The Labute approximate surface area is 113 Å². The molecule has 1 aliphatic heterocycles. The third-order valence-corrected chi connectivity index (χ3v) is 3.57. The van der Waals surface area contributed by atoms with Gasteiger partial charge in [-0.3, -0.25) is 4.79 Å². The topological polar surface area (TPSA) is 84.1 Å². The van der Waals surface area contributed by atoms with Crippen LogP contribution in [0.25, 0.3) is 0 Å². The van der Waals surface area contributed by atoms with E-state index in [2.05, 4.69) is 29.2 Å². The van der Waals surface area contributed by atoms with Crippen molar-refractivity contribution in [3.8, 4) is 0 Å². The number of carbonyl (C=O) groups is 1. The van der Waals surface area contributed by atoms with E-state index in [0.717, 1.165) is 12.2 Å². The second-order valence-corrected chi connectivity index (χ2v) is 5.44. The molecule has 1 amide bonds. The second-order valence-electron chi connectivity index (χ2n) is 5.44. The fraction of sp³-hybridized carbons (Fsp3) is 0.615. The maximum absolute atomic E-state index is 12.0. The molecule has 1 aliphatic rings. The minimum atomic E-state index is 0.186. The number of hydrazine groups is 1. The van der Waals surface area contributed by atoms with Crippen LogP contribution in [0.2, 0.25) is 0 Å². The van der Waals surface area contributed by atoms with Gasteiger partial charge in [0.2, 0.25) is 5.91 Å². The second kappa shape index (κ2) is 5.52. The monoisotopic (exact) mass is 263 g/mol. The summed E-state index contributed by atoms with van der Waals surface area (Å²) in [7, 11) is 0. The SMILES string of the molecule is Cc1cc(NN)nc(CN2CC(C(C)C)CC2=O)n1. The van der Waals surface area contributed by atoms with E-state index in [-0.39, 0.29) is 5.91 Å². The lowest BCUT2D eigenvalue weighted by atomic mass is 9.95. The van der Waals surface area contributed by atoms with Gasteiger partial charge in [-0.1, -0.05) is 13.8 Å². The summed E-state index contributed by atoms with van der Waals surface area (Å²) in [4.78, 5) is 22.4. The predicted octanol–water partition coefficient (Wildman–Crippen LogP) is 1.08. The maximum Gasteiger partial charge on any atom is 0.223 e. The summed E-state index contributed by atoms with van der Waals surface area (Å²) in [5.74, 6) is 7.72. The van der Waals surface area contributed by atoms with E-state index >= 15 is 0 Å². The lowest BCUT2D eigenvalue weighted by molar-refractivity contribution is -0.128. The number of nitrogen functional groups attached to an aromatic ring is 1. The molecule has 2 rings (SSSR count). The van der Waals surface area contributed by atoms with Gasteiger partial charge in [0.15, 0.2) is 0 Å². The molecule has 1 aromatic rings. The van der Waals surface area contributed by atoms with Crippen LogP contribution in [0.1, 0.15) is 31.8 Å². The maximum atomic E-state index is 12.0. The van der Waals surface area contributed by atoms with E-state index in [1.807, 2.05) is 11.8 Å². The number of nitrogens with one attached hydrogen (secondary N) is 1. The number of aromatic nitrogens is 2. The Morgan fingerprint density at radius 1 is 1.53 bits per heavy atom. The van der Waals surface area contributed by atoms with E-state index in [1.165, 1.54) is 0 Å². The van der Waals surface area contributed by atoms with E-state index < -0.39 is 0 Å². The lowest BCUT2D eigenvalue weighted by Gasteiger charge is -2.17. The normalized spacial score (nSPS) is 19.3. The molecule has 3 N–H and O–H groups in total. The summed E-state index contributed by atoms with van der Waals surface area (Å²) in [6.45, 7) is 7.44. The Morgan fingerprint density at radius 3 is 2.84 bits per heavy atom. The number of carbonyl (C=O) groups excluding carboxylic acids is 1. The molecule has 6 nitrogen and oxygen atoms in total. The average molecular weight is 263 g/mol. The number of nitrogens with zero attached hydrogens (tertiary/aromatic N) is 3. The fourth-order valence-electron chi connectivity index (χ4n) is 2.35. The van der Waals surface area contributed by atoms with Crippen LogP contribution in [-0.2, 0) is 11.3 Å². The smallest absolute Gasteiger partial charge is 0.223 e. The van der Waals surface area contributed by atoms with Crippen molar-refractivity contribution in [2.75, 3.05) is 12.0 Å². The van der Waals surface area contributed by atoms with Crippen LogP contribution >= 0.6 is 0 Å². The Bertz CT molecular complexity index is 474. The van der Waals surface area contributed by atoms with Gasteiger partial charge in [-0.2, -0.15) is 0 Å². The number of hydrogen-bond donors (Lipinski definition) is 2. The molecule has 1 unspecified atom stereocenters. The zero-order chi connectivity index (χ0) is 14.0. The van der Waals surface area contributed by atoms with Crippen LogP contribution in [0, 0.1) is 18.8 Å². The third kappa shape index (κ3) is 3.20. The number of nitrogens with two attached hydrogens (primary N) is 1. The minimum absolute atomic E-state index is 0.186. The molecule has 1 atom stereocenters. The van der Waals surface area contributed by atoms with Crippen molar-refractivity contribution in [2.24, 2.45) is 17.7 Å². The summed E-state index contributed by atoms with van der Waals surface area (Å²) >= 11 is 0. The fourth-order valence-corrected chi connectivity index (χ4v) is 2.35. The number of amides is 1. The highest BCUT2D eigenvalue weighted by atomic mass is 16.2. The van der Waals surface area contributed by atoms with Gasteiger partial charge in [-0.05, 0) is 18.8 Å². The molecule has 104 valence electrons. The van der Waals surface area contributed by atoms with Gasteiger partial charge >= 0.3 is 0 Å². The van der Waals surface area contributed by atoms with Crippen molar-refractivity contribution < 1.29 is 4.79 Å². The molecule has 19 heavy (non-hydrogen) atoms. The quantitative estimate of drug-likeness (QED) is 0.627. The lowest BCUT2D eigenvalue weighted by Crippen LogP contribution is -2.26. The number of hydrogen-bond acceptors (Lipinski definition) is 5. The molecular weight excluding hydrogens is 242 g/mol. The van der Waals surface area contributed by atoms with Crippen molar-refractivity contribution in [3.05, 3.63) is 17.6 Å². The number of rotatable bonds is 4. The number of aryl methyl sites for hydroxylation is 1. The molecular formula is C13H21N5O. The third-order valence-electron chi connectivity index (χ3n) is 3.57. The zero-order valence-electron chi connectivity index (χ0n) is 11.7. The highest BCUT2D eigenvalue weighted by molar-refractivity contribution is 5.78. The van der Waals surface area contributed by atoms with Crippen molar-refractivity contribution >= 4 is 11.7 Å². The van der Waals surface area contributed by atoms with Crippen LogP contribution in [0.4, 0.5) is 5.82 Å². The molecule has 0 aromatic carbocycles. The van der Waals surface area contributed by atoms with Crippen LogP contribution in [0.3, 0.4) is 0 Å². The van der Waals surface area contributed by atoms with Crippen LogP contribution in [-0.4, -0.2) is 27.3 Å². The Balaban J connectivity index is 2.09. The molecule has 1 aromatic heterocycles. The van der Waals surface area contributed by atoms with Crippen molar-refractivity contribution in [1.82, 2.24) is 14.9 Å². The average Bonchev–Trinajstić information content (AvgIpc) is 2.70. The molecule has 0 spiro atoms. The van der Waals surface area contributed by atoms with E-state index in [9.17, 15) is 4.79 Å². The van der Waals surface area contributed by atoms with Crippen molar-refractivity contribution in [1.29, 1.82) is 0 Å². The number of likely N-dealkylation sites (tertiary alicyclic amines) is 1. The van der Waals surface area contributed by atoms with Gasteiger partial charge in [0.1, 0.15) is 11.6 Å². The van der Waals surface area contributed by atoms with Gasteiger partial charge in [0, 0.05) is 24.7 Å². The van der Waals surface area contributed by atoms with Gasteiger partial charge in [-0.15, -0.1) is 0 Å². The van der Waals surface area contributed by atoms with Gasteiger partial charge in [0.25, 0.3) is 0 Å². The molecule has 6 heteroatoms. The van der Waals surface area contributed by atoms with Crippen molar-refractivity contribution in [2.45, 2.75) is 33.7 Å². The van der Waals surface area contributed by atoms with Gasteiger partial charge < -0.3 is 10.3 Å². The molecule has 1 saturated heterocycles. The van der Waals surface area contributed by atoms with Crippen LogP contribution in [0.15, 0.2) is 6.07 Å². The summed E-state index contributed by atoms with van der Waals surface area (Å²) in [5, 5.41) is 0. The minimum Gasteiger partial charge on any atom is -0.335 e. The summed E-state index contributed by atoms with van der Waals surface area (Å²) in [5.41, 5.74) is 3.35. The van der Waals surface area contributed by atoms with E-state index in [0.29, 0.717) is 36.4 Å². The highest BCUT2D eigenvalue weighted by Gasteiger charge is 2.31. The summed E-state index contributed by atoms with van der Waals surface area (Å²) in [6.07, 6.45) is 0.630. The Morgan fingerprint density at radius 2 is 2.26 bits per heavy atom. The molecule has 2 heterocycles. The summed E-state index contributed by atoms with van der Waals surface area (Å²) in [6, 6.07) is 1.77. The Kier molecular flexibility index (Phi) is 3.99. The first-order valence-electron chi connectivity index (χ1n) is 6.58. The van der Waals surface area contributed by atoms with Crippen molar-refractivity contribution in [3.63, 3.8) is 0 Å². The first-order chi connectivity index (χ1) is 8.99. The van der Waals surface area contributed by atoms with Gasteiger partial charge in [0.05, 0.1) is 6.54 Å². The largest absolute Gasteiger partial charge is 0.335 e. The first-order valence-corrected chi connectivity index (χ1v) is 6.58. The standard InChI is InChI=1S/C13H21N5O/c1-8(2)10-5-13(19)18(6-10)7-12-15-9(3)4-11(16-12)17-14/h4,8,10H,5-7,14H2,1-3H3,(H,15,16,17). The molecule has 0 aliphatic carbocycles. The van der Waals surface area contributed by atoms with Gasteiger partial charge in [-0.25, -0.2) is 15.8 Å². The highest BCUT2D eigenvalue weighted by Crippen LogP contribution is 2.25. The molecule has 1 fully saturated rings. The zero-order valence-corrected chi connectivity index (χ0v) is 11.7. The molecule has 0 bridgehead atoms. The summed E-state index contributed by atoms with van der Waals surface area (Å²) < 4.78 is 0. The van der Waals surface area contributed by atoms with Crippen LogP contribution in [0.5, 0.6) is 0 Å². The predicted molar refractivity (Wildman–Crippen MR) is 72.9 cm³/mol. The van der Waals surface area contributed by atoms with E-state index in [1.54, 1.807) is 6.07 Å².